The Morgan fingerprint density at radius 2 is 1.54 bits per heavy atom. The standard InChI is InChI=1S/C38H35N3O11/c1-5-15(2)25-12-20-21(37(49)41(25)14-28(44)40-13-24(38(50)51)39-36(48)16(40)3)10-19-17(32(20)45)6-7-18-29(19)33(46)23-11-22-26(42)8-9-27(43)30(22)34(47)31(23)35(18)52-4/h6-12,15-16,24,42,45-47,49H,5,13-14H2,1-4H3,(H,39,48)(H,50,51). The van der Waals surface area contributed by atoms with Crippen LogP contribution in [0.3, 0.4) is 0 Å². The van der Waals surface area contributed by atoms with Crippen LogP contribution >= 0.6 is 0 Å². The summed E-state index contributed by atoms with van der Waals surface area (Å²) < 4.78 is 7.11. The van der Waals surface area contributed by atoms with Crippen molar-refractivity contribution in [3.63, 3.8) is 0 Å². The number of amides is 2. The van der Waals surface area contributed by atoms with E-state index in [-0.39, 0.29) is 78.6 Å². The number of phenols is 4. The van der Waals surface area contributed by atoms with Crippen molar-refractivity contribution in [1.82, 2.24) is 14.8 Å². The van der Waals surface area contributed by atoms with Crippen molar-refractivity contribution in [3.8, 4) is 34.6 Å². The summed E-state index contributed by atoms with van der Waals surface area (Å²) in [5.74, 6) is -4.46. The summed E-state index contributed by atoms with van der Waals surface area (Å²) in [6.45, 7) is 4.54. The van der Waals surface area contributed by atoms with Crippen LogP contribution in [-0.4, -0.2) is 83.6 Å². The molecule has 1 aliphatic heterocycles. The van der Waals surface area contributed by atoms with E-state index in [9.17, 15) is 49.8 Å². The van der Waals surface area contributed by atoms with E-state index in [1.807, 2.05) is 13.8 Å². The van der Waals surface area contributed by atoms with Crippen LogP contribution in [0.25, 0.3) is 53.9 Å². The van der Waals surface area contributed by atoms with Crippen molar-refractivity contribution in [2.45, 2.75) is 51.7 Å². The molecule has 0 radical (unpaired) electrons. The molecule has 2 amide bonds. The molecule has 2 heterocycles. The number of aromatic nitrogens is 1. The lowest BCUT2D eigenvalue weighted by atomic mass is 9.91. The highest BCUT2D eigenvalue weighted by molar-refractivity contribution is 6.26. The zero-order chi connectivity index (χ0) is 37.5. The molecular formula is C38H35N3O11. The number of rotatable bonds is 6. The third-order valence-corrected chi connectivity index (χ3v) is 10.4. The van der Waals surface area contributed by atoms with E-state index >= 15 is 0 Å². The van der Waals surface area contributed by atoms with Gasteiger partial charge in [-0.05, 0) is 67.1 Å². The zero-order valence-corrected chi connectivity index (χ0v) is 28.5. The van der Waals surface area contributed by atoms with Crippen LogP contribution in [0.5, 0.6) is 34.6 Å². The summed E-state index contributed by atoms with van der Waals surface area (Å²) in [5, 5.41) is 70.7. The predicted octanol–water partition coefficient (Wildman–Crippen LogP) is 4.46. The molecule has 268 valence electrons. The molecule has 52 heavy (non-hydrogen) atoms. The Hall–Kier alpha value is -6.44. The van der Waals surface area contributed by atoms with E-state index in [1.54, 1.807) is 24.3 Å². The minimum Gasteiger partial charge on any atom is -0.507 e. The van der Waals surface area contributed by atoms with Gasteiger partial charge in [0.15, 0.2) is 11.3 Å². The number of piperazine rings is 1. The number of ether oxygens (including phenoxy) is 1. The average molecular weight is 710 g/mol. The maximum atomic E-state index is 13.8. The molecule has 3 atom stereocenters. The van der Waals surface area contributed by atoms with Gasteiger partial charge in [0, 0.05) is 43.4 Å². The number of phenolic OH excluding ortho intramolecular Hbond substituents is 4. The van der Waals surface area contributed by atoms with E-state index in [1.165, 1.54) is 30.7 Å². The first-order valence-electron chi connectivity index (χ1n) is 16.6. The van der Waals surface area contributed by atoms with Gasteiger partial charge in [0.05, 0.1) is 24.4 Å². The fourth-order valence-electron chi connectivity index (χ4n) is 7.39. The molecule has 0 spiro atoms. The third kappa shape index (κ3) is 4.85. The Kier molecular flexibility index (Phi) is 7.92. The quantitative estimate of drug-likeness (QED) is 0.0945. The van der Waals surface area contributed by atoms with Gasteiger partial charge < -0.3 is 50.2 Å². The fourth-order valence-corrected chi connectivity index (χ4v) is 7.39. The first-order valence-corrected chi connectivity index (χ1v) is 16.6. The van der Waals surface area contributed by atoms with E-state index in [4.69, 9.17) is 4.74 Å². The molecule has 0 bridgehead atoms. The van der Waals surface area contributed by atoms with Crippen molar-refractivity contribution < 1.29 is 49.8 Å². The number of benzene rings is 5. The Morgan fingerprint density at radius 1 is 0.846 bits per heavy atom. The largest absolute Gasteiger partial charge is 0.507 e. The molecule has 0 aliphatic carbocycles. The number of carboxylic acids is 1. The molecule has 3 unspecified atom stereocenters. The lowest BCUT2D eigenvalue weighted by Gasteiger charge is -2.36. The van der Waals surface area contributed by atoms with E-state index < -0.39 is 53.5 Å². The van der Waals surface area contributed by atoms with Crippen LogP contribution in [0.15, 0.2) is 47.3 Å². The normalized spacial score (nSPS) is 16.9. The van der Waals surface area contributed by atoms with Crippen molar-refractivity contribution in [2.75, 3.05) is 13.7 Å². The maximum absolute atomic E-state index is 13.8. The highest BCUT2D eigenvalue weighted by atomic mass is 16.5. The molecule has 6 aromatic rings. The van der Waals surface area contributed by atoms with Crippen LogP contribution in [0.1, 0.15) is 38.8 Å². The highest BCUT2D eigenvalue weighted by Crippen LogP contribution is 2.52. The van der Waals surface area contributed by atoms with Crippen molar-refractivity contribution in [1.29, 1.82) is 0 Å². The summed E-state index contributed by atoms with van der Waals surface area (Å²) in [7, 11) is 1.35. The topological polar surface area (TPSA) is 219 Å². The van der Waals surface area contributed by atoms with Gasteiger partial charge in [0.1, 0.15) is 47.4 Å². The predicted molar refractivity (Wildman–Crippen MR) is 193 cm³/mol. The van der Waals surface area contributed by atoms with Gasteiger partial charge in [0.25, 0.3) is 0 Å². The molecule has 1 aromatic heterocycles. The van der Waals surface area contributed by atoms with Crippen LogP contribution in [0.2, 0.25) is 0 Å². The molecule has 5 aromatic carbocycles. The molecule has 0 saturated carbocycles. The number of hydrogen-bond donors (Lipinski definition) is 7. The summed E-state index contributed by atoms with van der Waals surface area (Å²) in [6, 6.07) is 7.78. The number of hydrogen-bond acceptors (Lipinski definition) is 10. The Bertz CT molecular complexity index is 2630. The summed E-state index contributed by atoms with van der Waals surface area (Å²) in [5.41, 5.74) is -0.0573. The van der Waals surface area contributed by atoms with Crippen LogP contribution < -0.4 is 15.5 Å². The molecule has 1 fully saturated rings. The number of nitrogens with zero attached hydrogens (tertiary/aromatic N) is 2. The van der Waals surface area contributed by atoms with Crippen molar-refractivity contribution in [3.05, 3.63) is 58.4 Å². The number of carbonyl (C=O) groups is 3. The number of nitrogens with one attached hydrogen (secondary N) is 1. The van der Waals surface area contributed by atoms with Gasteiger partial charge in [-0.1, -0.05) is 13.8 Å². The fraction of sp³-hybridized carbons (Fsp3) is 0.263. The molecule has 14 heteroatoms. The molecular weight excluding hydrogens is 674 g/mol. The number of aromatic hydroxyl groups is 5. The lowest BCUT2D eigenvalue weighted by molar-refractivity contribution is -0.151. The minimum atomic E-state index is -1.31. The number of pyridine rings is 1. The second-order valence-electron chi connectivity index (χ2n) is 13.2. The molecule has 1 aliphatic rings. The number of aliphatic carboxylic acids is 1. The highest BCUT2D eigenvalue weighted by Gasteiger charge is 2.38. The van der Waals surface area contributed by atoms with E-state index in [0.717, 1.165) is 11.0 Å². The van der Waals surface area contributed by atoms with Crippen molar-refractivity contribution >= 4 is 71.6 Å². The van der Waals surface area contributed by atoms with Gasteiger partial charge in [0.2, 0.25) is 11.8 Å². The maximum Gasteiger partial charge on any atom is 0.328 e. The van der Waals surface area contributed by atoms with Gasteiger partial charge in [-0.15, -0.1) is 0 Å². The second kappa shape index (κ2) is 12.1. The van der Waals surface area contributed by atoms with Crippen LogP contribution in [0.4, 0.5) is 0 Å². The van der Waals surface area contributed by atoms with Crippen LogP contribution in [-0.2, 0) is 20.9 Å². The average Bonchev–Trinajstić information content (AvgIpc) is 3.12. The molecule has 1 saturated heterocycles. The van der Waals surface area contributed by atoms with E-state index in [0.29, 0.717) is 22.9 Å². The Balaban J connectivity index is 1.51. The Morgan fingerprint density at radius 3 is 2.21 bits per heavy atom. The monoisotopic (exact) mass is 709 g/mol. The SMILES string of the molecule is CCC(C)c1cc2c(O)c3ccc4c(OC)c5c(O)c6c(=O)ccc(O)c6cc5c(O)c4c3cc2c(O)n1CC(=O)N1CC(C(=O)O)NC(=O)C1C. The number of methoxy groups -OCH3 is 1. The Labute approximate surface area is 294 Å². The number of carbonyl (C=O) groups excluding carboxylic acids is 2. The first kappa shape index (κ1) is 34.0. The summed E-state index contributed by atoms with van der Waals surface area (Å²) >= 11 is 0. The lowest BCUT2D eigenvalue weighted by Crippen LogP contribution is -2.63. The summed E-state index contributed by atoms with van der Waals surface area (Å²) in [4.78, 5) is 51.9. The van der Waals surface area contributed by atoms with Gasteiger partial charge in [-0.25, -0.2) is 4.79 Å². The van der Waals surface area contributed by atoms with E-state index in [2.05, 4.69) is 5.32 Å². The molecule has 14 nitrogen and oxygen atoms in total. The summed E-state index contributed by atoms with van der Waals surface area (Å²) in [6.07, 6.45) is 0.591. The van der Waals surface area contributed by atoms with Gasteiger partial charge >= 0.3 is 5.97 Å². The first-order chi connectivity index (χ1) is 24.7. The smallest absolute Gasteiger partial charge is 0.328 e. The molecule has 7 rings (SSSR count). The zero-order valence-electron chi connectivity index (χ0n) is 28.5. The van der Waals surface area contributed by atoms with Crippen LogP contribution in [0, 0.1) is 0 Å². The van der Waals surface area contributed by atoms with Gasteiger partial charge in [-0.3, -0.25) is 14.4 Å². The minimum absolute atomic E-state index is 0.00107. The van der Waals surface area contributed by atoms with Crippen molar-refractivity contribution in [2.24, 2.45) is 0 Å². The molecule has 7 N–H and O–H groups in total. The number of fused-ring (bicyclic) bond motifs is 6. The van der Waals surface area contributed by atoms with Gasteiger partial charge in [-0.2, -0.15) is 0 Å². The number of carboxylic acid groups (broad SMARTS) is 1. The third-order valence-electron chi connectivity index (χ3n) is 10.4. The second-order valence-corrected chi connectivity index (χ2v) is 13.2.